The molecule has 0 aliphatic carbocycles. The maximum atomic E-state index is 13.9. The van der Waals surface area contributed by atoms with E-state index in [-0.39, 0.29) is 11.1 Å². The summed E-state index contributed by atoms with van der Waals surface area (Å²) in [6, 6.07) is 4.28. The van der Waals surface area contributed by atoms with E-state index in [1.165, 1.54) is 12.3 Å². The molecule has 2 aromatic rings. The molecule has 120 valence electrons. The van der Waals surface area contributed by atoms with Gasteiger partial charge in [0.05, 0.1) is 12.7 Å². The van der Waals surface area contributed by atoms with Gasteiger partial charge in [0.25, 0.3) is 5.91 Å². The Balaban J connectivity index is 2.32. The summed E-state index contributed by atoms with van der Waals surface area (Å²) < 4.78 is 31.8. The van der Waals surface area contributed by atoms with E-state index in [1.54, 1.807) is 13.0 Å². The lowest BCUT2D eigenvalue weighted by Gasteiger charge is -2.17. The third kappa shape index (κ3) is 3.88. The number of carbonyl (C=O) groups excluding carboxylic acids is 2. The van der Waals surface area contributed by atoms with E-state index in [1.807, 2.05) is 0 Å². The van der Waals surface area contributed by atoms with Gasteiger partial charge in [0.2, 0.25) is 0 Å². The molecular formula is C16H14F2N2O3. The first kappa shape index (κ1) is 16.5. The highest BCUT2D eigenvalue weighted by atomic mass is 19.1. The molecule has 5 nitrogen and oxygen atoms in total. The number of hydrogen-bond donors (Lipinski definition) is 1. The van der Waals surface area contributed by atoms with Crippen LogP contribution in [0.5, 0.6) is 0 Å². The van der Waals surface area contributed by atoms with Crippen LogP contribution in [0, 0.1) is 18.6 Å². The number of pyridine rings is 1. The first-order valence-electron chi connectivity index (χ1n) is 6.68. The van der Waals surface area contributed by atoms with Gasteiger partial charge in [0.15, 0.2) is 6.04 Å². The summed E-state index contributed by atoms with van der Waals surface area (Å²) in [4.78, 5) is 28.0. The highest BCUT2D eigenvalue weighted by Crippen LogP contribution is 2.20. The van der Waals surface area contributed by atoms with Crippen LogP contribution in [0.15, 0.2) is 36.5 Å². The van der Waals surface area contributed by atoms with Crippen molar-refractivity contribution in [2.45, 2.75) is 13.0 Å². The number of hydrogen-bond acceptors (Lipinski definition) is 4. The lowest BCUT2D eigenvalue weighted by atomic mass is 10.1. The molecular weight excluding hydrogens is 306 g/mol. The van der Waals surface area contributed by atoms with E-state index in [4.69, 9.17) is 0 Å². The van der Waals surface area contributed by atoms with Gasteiger partial charge in [-0.05, 0) is 37.3 Å². The van der Waals surface area contributed by atoms with E-state index in [0.717, 1.165) is 25.3 Å². The smallest absolute Gasteiger partial charge is 0.333 e. The highest BCUT2D eigenvalue weighted by Gasteiger charge is 2.27. The topological polar surface area (TPSA) is 68.3 Å². The van der Waals surface area contributed by atoms with E-state index >= 15 is 0 Å². The molecule has 0 saturated carbocycles. The minimum absolute atomic E-state index is 0.182. The molecule has 23 heavy (non-hydrogen) atoms. The second kappa shape index (κ2) is 6.95. The Morgan fingerprint density at radius 3 is 2.57 bits per heavy atom. The lowest BCUT2D eigenvalue weighted by molar-refractivity contribution is -0.143. The van der Waals surface area contributed by atoms with Crippen LogP contribution in [-0.2, 0) is 9.53 Å². The Labute approximate surface area is 131 Å². The van der Waals surface area contributed by atoms with E-state index in [0.29, 0.717) is 5.69 Å². The predicted octanol–water partition coefficient (Wildman–Crippen LogP) is 2.31. The molecule has 1 aromatic carbocycles. The van der Waals surface area contributed by atoms with Crippen molar-refractivity contribution in [2.24, 2.45) is 0 Å². The monoisotopic (exact) mass is 320 g/mol. The number of esters is 1. The molecule has 0 saturated heterocycles. The summed E-state index contributed by atoms with van der Waals surface area (Å²) >= 11 is 0. The summed E-state index contributed by atoms with van der Waals surface area (Å²) in [6.45, 7) is 1.75. The number of halogens is 2. The average Bonchev–Trinajstić information content (AvgIpc) is 2.54. The molecule has 1 unspecified atom stereocenters. The van der Waals surface area contributed by atoms with Crippen LogP contribution >= 0.6 is 0 Å². The largest absolute Gasteiger partial charge is 0.467 e. The van der Waals surface area contributed by atoms with Crippen molar-refractivity contribution in [1.29, 1.82) is 0 Å². The Bertz CT molecular complexity index is 733. The van der Waals surface area contributed by atoms with Gasteiger partial charge in [-0.3, -0.25) is 9.78 Å². The van der Waals surface area contributed by atoms with Gasteiger partial charge < -0.3 is 10.1 Å². The summed E-state index contributed by atoms with van der Waals surface area (Å²) in [7, 11) is 1.09. The zero-order valence-corrected chi connectivity index (χ0v) is 12.5. The SMILES string of the molecule is COC(=O)C(NC(=O)c1ccc(C)nc1)c1cc(F)ccc1F. The van der Waals surface area contributed by atoms with Crippen molar-refractivity contribution in [3.8, 4) is 0 Å². The number of amides is 1. The number of rotatable bonds is 4. The summed E-state index contributed by atoms with van der Waals surface area (Å²) in [5.41, 5.74) is 0.578. The van der Waals surface area contributed by atoms with Crippen molar-refractivity contribution in [3.63, 3.8) is 0 Å². The number of nitrogens with zero attached hydrogens (tertiary/aromatic N) is 1. The van der Waals surface area contributed by atoms with Crippen LogP contribution in [0.4, 0.5) is 8.78 Å². The second-order valence-corrected chi connectivity index (χ2v) is 4.78. The molecule has 2 rings (SSSR count). The number of nitrogens with one attached hydrogen (secondary N) is 1. The van der Waals surface area contributed by atoms with Crippen LogP contribution in [0.3, 0.4) is 0 Å². The van der Waals surface area contributed by atoms with Crippen LogP contribution < -0.4 is 5.32 Å². The molecule has 0 spiro atoms. The number of benzene rings is 1. The Morgan fingerprint density at radius 1 is 1.22 bits per heavy atom. The van der Waals surface area contributed by atoms with Gasteiger partial charge in [0.1, 0.15) is 11.6 Å². The molecule has 0 radical (unpaired) electrons. The van der Waals surface area contributed by atoms with Crippen LogP contribution in [0.1, 0.15) is 27.7 Å². The minimum Gasteiger partial charge on any atom is -0.467 e. The quantitative estimate of drug-likeness (QED) is 0.878. The average molecular weight is 320 g/mol. The van der Waals surface area contributed by atoms with Gasteiger partial charge in [-0.2, -0.15) is 0 Å². The molecule has 0 aliphatic rings. The summed E-state index contributed by atoms with van der Waals surface area (Å²) in [5, 5.41) is 2.33. The number of methoxy groups -OCH3 is 1. The Morgan fingerprint density at radius 2 is 1.96 bits per heavy atom. The molecule has 1 N–H and O–H groups in total. The third-order valence-corrected chi connectivity index (χ3v) is 3.15. The predicted molar refractivity (Wildman–Crippen MR) is 77.6 cm³/mol. The van der Waals surface area contributed by atoms with E-state index < -0.39 is 29.6 Å². The molecule has 1 atom stereocenters. The van der Waals surface area contributed by atoms with Crippen LogP contribution in [-0.4, -0.2) is 24.0 Å². The molecule has 1 heterocycles. The number of ether oxygens (including phenoxy) is 1. The molecule has 0 aliphatic heterocycles. The van der Waals surface area contributed by atoms with E-state index in [2.05, 4.69) is 15.0 Å². The minimum atomic E-state index is -1.47. The normalized spacial score (nSPS) is 11.7. The molecule has 0 bridgehead atoms. The molecule has 7 heteroatoms. The summed E-state index contributed by atoms with van der Waals surface area (Å²) in [5.74, 6) is -3.13. The van der Waals surface area contributed by atoms with Crippen molar-refractivity contribution in [1.82, 2.24) is 10.3 Å². The maximum Gasteiger partial charge on any atom is 0.333 e. The third-order valence-electron chi connectivity index (χ3n) is 3.15. The van der Waals surface area contributed by atoms with Gasteiger partial charge in [0, 0.05) is 17.5 Å². The van der Waals surface area contributed by atoms with Gasteiger partial charge in [-0.15, -0.1) is 0 Å². The van der Waals surface area contributed by atoms with Crippen LogP contribution in [0.25, 0.3) is 0 Å². The fourth-order valence-electron chi connectivity index (χ4n) is 1.93. The fraction of sp³-hybridized carbons (Fsp3) is 0.188. The fourth-order valence-corrected chi connectivity index (χ4v) is 1.93. The Kier molecular flexibility index (Phi) is 5.00. The van der Waals surface area contributed by atoms with E-state index in [9.17, 15) is 18.4 Å². The zero-order chi connectivity index (χ0) is 17.0. The highest BCUT2D eigenvalue weighted by molar-refractivity contribution is 5.96. The molecule has 0 fully saturated rings. The summed E-state index contributed by atoms with van der Waals surface area (Å²) in [6.07, 6.45) is 1.32. The van der Waals surface area contributed by atoms with Crippen LogP contribution in [0.2, 0.25) is 0 Å². The standard InChI is InChI=1S/C16H14F2N2O3/c1-9-3-4-10(8-19-9)15(21)20-14(16(22)23-2)12-7-11(17)5-6-13(12)18/h3-8,14H,1-2H3,(H,20,21). The number of carbonyl (C=O) groups is 2. The van der Waals surface area contributed by atoms with Crippen molar-refractivity contribution < 1.29 is 23.1 Å². The second-order valence-electron chi connectivity index (χ2n) is 4.78. The maximum absolute atomic E-state index is 13.9. The van der Waals surface area contributed by atoms with Gasteiger partial charge in [-0.25, -0.2) is 13.6 Å². The van der Waals surface area contributed by atoms with Gasteiger partial charge >= 0.3 is 5.97 Å². The van der Waals surface area contributed by atoms with Crippen molar-refractivity contribution in [2.75, 3.05) is 7.11 Å². The van der Waals surface area contributed by atoms with Crippen molar-refractivity contribution >= 4 is 11.9 Å². The lowest BCUT2D eigenvalue weighted by Crippen LogP contribution is -2.35. The first-order chi connectivity index (χ1) is 10.9. The number of aryl methyl sites for hydroxylation is 1. The first-order valence-corrected chi connectivity index (χ1v) is 6.68. The van der Waals surface area contributed by atoms with Crippen molar-refractivity contribution in [3.05, 3.63) is 65.0 Å². The molecule has 1 aromatic heterocycles. The number of aromatic nitrogens is 1. The van der Waals surface area contributed by atoms with Gasteiger partial charge in [-0.1, -0.05) is 0 Å². The molecule has 1 amide bonds. The zero-order valence-electron chi connectivity index (χ0n) is 12.5. The Hall–Kier alpha value is -2.83.